The van der Waals surface area contributed by atoms with Crippen LogP contribution < -0.4 is 5.32 Å². The summed E-state index contributed by atoms with van der Waals surface area (Å²) in [5, 5.41) is 3.14. The van der Waals surface area contributed by atoms with Crippen molar-refractivity contribution >= 4 is 6.03 Å². The van der Waals surface area contributed by atoms with E-state index in [0.717, 1.165) is 58.8 Å². The molecule has 0 aromatic heterocycles. The molecule has 2 aliphatic heterocycles. The van der Waals surface area contributed by atoms with Gasteiger partial charge in [0.05, 0.1) is 0 Å². The number of carbonyl (C=O) groups is 1. The van der Waals surface area contributed by atoms with Crippen molar-refractivity contribution in [1.82, 2.24) is 15.1 Å². The molecule has 0 unspecified atom stereocenters. The highest BCUT2D eigenvalue weighted by Gasteiger charge is 2.25. The number of rotatable bonds is 2. The van der Waals surface area contributed by atoms with Crippen LogP contribution in [-0.2, 0) is 4.74 Å². The van der Waals surface area contributed by atoms with Crippen LogP contribution in [0.2, 0.25) is 0 Å². The van der Waals surface area contributed by atoms with Crippen molar-refractivity contribution in [3.63, 3.8) is 0 Å². The molecule has 5 nitrogen and oxygen atoms in total. The molecule has 0 saturated carbocycles. The highest BCUT2D eigenvalue weighted by atomic mass is 16.5. The lowest BCUT2D eigenvalue weighted by molar-refractivity contribution is 0.0746. The monoisotopic (exact) mass is 283 g/mol. The van der Waals surface area contributed by atoms with Gasteiger partial charge in [-0.15, -0.1) is 0 Å². The molecule has 0 aliphatic carbocycles. The molecule has 0 spiro atoms. The Labute approximate surface area is 122 Å². The number of hydrogen-bond donors (Lipinski definition) is 1. The lowest BCUT2D eigenvalue weighted by atomic mass is 9.96. The van der Waals surface area contributed by atoms with Crippen molar-refractivity contribution < 1.29 is 9.53 Å². The SMILES string of the molecule is CC(C)(C)CN1CCN(C(=O)NC2CCOCC2)CC1. The van der Waals surface area contributed by atoms with E-state index >= 15 is 0 Å². The number of piperazine rings is 1. The number of nitrogens with one attached hydrogen (secondary N) is 1. The molecule has 0 atom stereocenters. The van der Waals surface area contributed by atoms with E-state index in [4.69, 9.17) is 4.74 Å². The molecular weight excluding hydrogens is 254 g/mol. The lowest BCUT2D eigenvalue weighted by Gasteiger charge is -2.38. The van der Waals surface area contributed by atoms with Gasteiger partial charge in [-0.05, 0) is 18.3 Å². The molecule has 116 valence electrons. The van der Waals surface area contributed by atoms with Crippen LogP contribution in [0.4, 0.5) is 4.79 Å². The molecular formula is C15H29N3O2. The summed E-state index contributed by atoms with van der Waals surface area (Å²) in [7, 11) is 0. The Balaban J connectivity index is 1.71. The summed E-state index contributed by atoms with van der Waals surface area (Å²) in [6.07, 6.45) is 1.88. The Morgan fingerprint density at radius 1 is 1.15 bits per heavy atom. The third-order valence-electron chi connectivity index (χ3n) is 3.91. The zero-order chi connectivity index (χ0) is 14.6. The summed E-state index contributed by atoms with van der Waals surface area (Å²) in [5.74, 6) is 0. The third kappa shape index (κ3) is 4.94. The first-order chi connectivity index (χ1) is 9.44. The van der Waals surface area contributed by atoms with Crippen LogP contribution in [0.3, 0.4) is 0 Å². The minimum atomic E-state index is 0.104. The number of urea groups is 1. The number of amides is 2. The topological polar surface area (TPSA) is 44.8 Å². The van der Waals surface area contributed by atoms with Crippen LogP contribution in [0.15, 0.2) is 0 Å². The molecule has 2 amide bonds. The van der Waals surface area contributed by atoms with Crippen molar-refractivity contribution in [3.05, 3.63) is 0 Å². The quantitative estimate of drug-likeness (QED) is 0.836. The highest BCUT2D eigenvalue weighted by Crippen LogP contribution is 2.16. The molecule has 1 N–H and O–H groups in total. The molecule has 2 fully saturated rings. The van der Waals surface area contributed by atoms with Crippen molar-refractivity contribution in [2.24, 2.45) is 5.41 Å². The zero-order valence-corrected chi connectivity index (χ0v) is 13.2. The predicted molar refractivity (Wildman–Crippen MR) is 79.8 cm³/mol. The predicted octanol–water partition coefficient (Wildman–Crippen LogP) is 1.54. The van der Waals surface area contributed by atoms with Crippen LogP contribution in [-0.4, -0.2) is 67.8 Å². The van der Waals surface area contributed by atoms with E-state index in [1.807, 2.05) is 4.90 Å². The molecule has 20 heavy (non-hydrogen) atoms. The summed E-state index contributed by atoms with van der Waals surface area (Å²) in [5.41, 5.74) is 0.326. The van der Waals surface area contributed by atoms with Crippen molar-refractivity contribution in [2.45, 2.75) is 39.7 Å². The second-order valence-electron chi connectivity index (χ2n) is 7.16. The maximum absolute atomic E-state index is 12.2. The van der Waals surface area contributed by atoms with Gasteiger partial charge in [-0.2, -0.15) is 0 Å². The average molecular weight is 283 g/mol. The number of nitrogens with zero attached hydrogens (tertiary/aromatic N) is 2. The van der Waals surface area contributed by atoms with Gasteiger partial charge in [-0.1, -0.05) is 20.8 Å². The second kappa shape index (κ2) is 6.76. The molecule has 2 aliphatic rings. The van der Waals surface area contributed by atoms with E-state index in [1.54, 1.807) is 0 Å². The largest absolute Gasteiger partial charge is 0.381 e. The number of ether oxygens (including phenoxy) is 1. The lowest BCUT2D eigenvalue weighted by Crippen LogP contribution is -2.54. The van der Waals surface area contributed by atoms with E-state index in [0.29, 0.717) is 11.5 Å². The van der Waals surface area contributed by atoms with Gasteiger partial charge in [-0.25, -0.2) is 4.79 Å². The normalized spacial score (nSPS) is 22.9. The Kier molecular flexibility index (Phi) is 5.27. The van der Waals surface area contributed by atoms with Crippen LogP contribution in [0.1, 0.15) is 33.6 Å². The zero-order valence-electron chi connectivity index (χ0n) is 13.2. The van der Waals surface area contributed by atoms with Gasteiger partial charge in [-0.3, -0.25) is 4.90 Å². The van der Waals surface area contributed by atoms with E-state index in [1.165, 1.54) is 0 Å². The van der Waals surface area contributed by atoms with E-state index in [9.17, 15) is 4.79 Å². The molecule has 0 radical (unpaired) electrons. The van der Waals surface area contributed by atoms with Gasteiger partial charge in [0, 0.05) is 52.0 Å². The molecule has 2 rings (SSSR count). The molecule has 2 saturated heterocycles. The summed E-state index contributed by atoms with van der Waals surface area (Å²) >= 11 is 0. The van der Waals surface area contributed by atoms with Crippen LogP contribution in [0, 0.1) is 5.41 Å². The minimum Gasteiger partial charge on any atom is -0.381 e. The van der Waals surface area contributed by atoms with Crippen LogP contribution >= 0.6 is 0 Å². The molecule has 0 bridgehead atoms. The summed E-state index contributed by atoms with van der Waals surface area (Å²) in [6.45, 7) is 13.1. The van der Waals surface area contributed by atoms with E-state index < -0.39 is 0 Å². The Morgan fingerprint density at radius 2 is 1.75 bits per heavy atom. The second-order valence-corrected chi connectivity index (χ2v) is 7.16. The smallest absolute Gasteiger partial charge is 0.317 e. The molecule has 2 heterocycles. The molecule has 5 heteroatoms. The van der Waals surface area contributed by atoms with Gasteiger partial charge in [0.15, 0.2) is 0 Å². The standard InChI is InChI=1S/C15H29N3O2/c1-15(2,3)12-17-6-8-18(9-7-17)14(19)16-13-4-10-20-11-5-13/h13H,4-12H2,1-3H3,(H,16,19). The average Bonchev–Trinajstić information content (AvgIpc) is 2.39. The fourth-order valence-corrected chi connectivity index (χ4v) is 2.89. The minimum absolute atomic E-state index is 0.104. The van der Waals surface area contributed by atoms with Crippen LogP contribution in [0.5, 0.6) is 0 Å². The molecule has 0 aromatic rings. The van der Waals surface area contributed by atoms with Crippen molar-refractivity contribution in [3.8, 4) is 0 Å². The van der Waals surface area contributed by atoms with Gasteiger partial charge in [0.2, 0.25) is 0 Å². The van der Waals surface area contributed by atoms with Crippen LogP contribution in [0.25, 0.3) is 0 Å². The first-order valence-corrected chi connectivity index (χ1v) is 7.79. The first-order valence-electron chi connectivity index (χ1n) is 7.79. The van der Waals surface area contributed by atoms with Crippen molar-refractivity contribution in [1.29, 1.82) is 0 Å². The Bertz CT molecular complexity index is 314. The summed E-state index contributed by atoms with van der Waals surface area (Å²) in [6, 6.07) is 0.399. The van der Waals surface area contributed by atoms with Crippen molar-refractivity contribution in [2.75, 3.05) is 45.9 Å². The van der Waals surface area contributed by atoms with Gasteiger partial charge >= 0.3 is 6.03 Å². The number of carbonyl (C=O) groups excluding carboxylic acids is 1. The van der Waals surface area contributed by atoms with Gasteiger partial charge in [0.1, 0.15) is 0 Å². The maximum atomic E-state index is 12.2. The summed E-state index contributed by atoms with van der Waals surface area (Å²) < 4.78 is 5.32. The third-order valence-corrected chi connectivity index (χ3v) is 3.91. The highest BCUT2D eigenvalue weighted by molar-refractivity contribution is 5.74. The van der Waals surface area contributed by atoms with E-state index in [2.05, 4.69) is 31.0 Å². The molecule has 0 aromatic carbocycles. The fourth-order valence-electron chi connectivity index (χ4n) is 2.89. The number of hydrogen-bond acceptors (Lipinski definition) is 3. The summed E-state index contributed by atoms with van der Waals surface area (Å²) in [4.78, 5) is 16.6. The Morgan fingerprint density at radius 3 is 2.30 bits per heavy atom. The Hall–Kier alpha value is -0.810. The maximum Gasteiger partial charge on any atom is 0.317 e. The first kappa shape index (κ1) is 15.6. The van der Waals surface area contributed by atoms with Gasteiger partial charge in [0.25, 0.3) is 0 Å². The van der Waals surface area contributed by atoms with E-state index in [-0.39, 0.29) is 6.03 Å². The fraction of sp³-hybridized carbons (Fsp3) is 0.933. The van der Waals surface area contributed by atoms with Gasteiger partial charge < -0.3 is 15.0 Å².